The molecular formula is C13H27N3O2S. The lowest BCUT2D eigenvalue weighted by Crippen LogP contribution is -2.43. The van der Waals surface area contributed by atoms with Crippen LogP contribution in [-0.2, 0) is 9.84 Å². The standard InChI is InChI=1S/C13H27N3O2S/c17-19(18)12-10-16(11-13-19)7-3-1-2-6-15-8-4-14-5-9-15/h14H,1-13H2. The Labute approximate surface area is 117 Å². The number of nitrogens with zero attached hydrogens (tertiary/aromatic N) is 2. The molecule has 0 aromatic heterocycles. The molecular weight excluding hydrogens is 262 g/mol. The van der Waals surface area contributed by atoms with Gasteiger partial charge in [0.1, 0.15) is 0 Å². The normalized spacial score (nSPS) is 25.5. The van der Waals surface area contributed by atoms with Crippen LogP contribution in [0.5, 0.6) is 0 Å². The van der Waals surface area contributed by atoms with Gasteiger partial charge in [0.2, 0.25) is 0 Å². The van der Waals surface area contributed by atoms with Crippen LogP contribution < -0.4 is 5.32 Å². The smallest absolute Gasteiger partial charge is 0.152 e. The highest BCUT2D eigenvalue weighted by Crippen LogP contribution is 2.06. The van der Waals surface area contributed by atoms with Crippen LogP contribution in [0.15, 0.2) is 0 Å². The first kappa shape index (κ1) is 15.2. The zero-order valence-corrected chi connectivity index (χ0v) is 12.6. The minimum Gasteiger partial charge on any atom is -0.314 e. The lowest BCUT2D eigenvalue weighted by Gasteiger charge is -2.28. The molecule has 0 aromatic rings. The molecule has 0 aliphatic carbocycles. The van der Waals surface area contributed by atoms with E-state index in [1.54, 1.807) is 0 Å². The maximum Gasteiger partial charge on any atom is 0.152 e. The monoisotopic (exact) mass is 289 g/mol. The summed E-state index contributed by atoms with van der Waals surface area (Å²) in [7, 11) is -2.72. The van der Waals surface area contributed by atoms with Crippen LogP contribution in [0.2, 0.25) is 0 Å². The van der Waals surface area contributed by atoms with Crippen LogP contribution >= 0.6 is 0 Å². The Hall–Kier alpha value is -0.170. The van der Waals surface area contributed by atoms with Gasteiger partial charge in [-0.1, -0.05) is 6.42 Å². The summed E-state index contributed by atoms with van der Waals surface area (Å²) in [4.78, 5) is 4.83. The Morgan fingerprint density at radius 1 is 0.789 bits per heavy atom. The fraction of sp³-hybridized carbons (Fsp3) is 1.00. The van der Waals surface area contributed by atoms with Gasteiger partial charge in [-0.15, -0.1) is 0 Å². The molecule has 0 unspecified atom stereocenters. The van der Waals surface area contributed by atoms with E-state index in [0.29, 0.717) is 11.5 Å². The van der Waals surface area contributed by atoms with Crippen molar-refractivity contribution in [3.8, 4) is 0 Å². The Morgan fingerprint density at radius 3 is 1.89 bits per heavy atom. The quantitative estimate of drug-likeness (QED) is 0.686. The van der Waals surface area contributed by atoms with Crippen molar-refractivity contribution in [1.29, 1.82) is 0 Å². The maximum absolute atomic E-state index is 11.3. The fourth-order valence-corrected chi connectivity index (χ4v) is 4.03. The predicted molar refractivity (Wildman–Crippen MR) is 78.3 cm³/mol. The topological polar surface area (TPSA) is 52.7 Å². The van der Waals surface area contributed by atoms with E-state index in [4.69, 9.17) is 0 Å². The molecule has 2 heterocycles. The lowest BCUT2D eigenvalue weighted by atomic mass is 10.2. The van der Waals surface area contributed by atoms with E-state index in [2.05, 4.69) is 15.1 Å². The lowest BCUT2D eigenvalue weighted by molar-refractivity contribution is 0.232. The van der Waals surface area contributed by atoms with Crippen LogP contribution in [0.25, 0.3) is 0 Å². The number of hydrogen-bond acceptors (Lipinski definition) is 5. The number of unbranched alkanes of at least 4 members (excludes halogenated alkanes) is 2. The fourth-order valence-electron chi connectivity index (χ4n) is 2.76. The molecule has 2 aliphatic heterocycles. The van der Waals surface area contributed by atoms with Crippen molar-refractivity contribution in [3.05, 3.63) is 0 Å². The van der Waals surface area contributed by atoms with E-state index in [1.807, 2.05) is 0 Å². The molecule has 0 aromatic carbocycles. The van der Waals surface area contributed by atoms with Gasteiger partial charge in [0.15, 0.2) is 9.84 Å². The molecule has 0 saturated carbocycles. The second-order valence-electron chi connectivity index (χ2n) is 5.65. The highest BCUT2D eigenvalue weighted by Gasteiger charge is 2.20. The highest BCUT2D eigenvalue weighted by molar-refractivity contribution is 7.91. The average Bonchev–Trinajstić information content (AvgIpc) is 2.41. The van der Waals surface area contributed by atoms with Gasteiger partial charge >= 0.3 is 0 Å². The average molecular weight is 289 g/mol. The van der Waals surface area contributed by atoms with Gasteiger partial charge in [-0.2, -0.15) is 0 Å². The summed E-state index contributed by atoms with van der Waals surface area (Å²) in [5, 5.41) is 3.37. The summed E-state index contributed by atoms with van der Waals surface area (Å²) in [6, 6.07) is 0. The van der Waals surface area contributed by atoms with Crippen LogP contribution in [0.4, 0.5) is 0 Å². The molecule has 0 radical (unpaired) electrons. The summed E-state index contributed by atoms with van der Waals surface area (Å²) >= 11 is 0. The zero-order valence-electron chi connectivity index (χ0n) is 11.8. The van der Waals surface area contributed by atoms with Crippen molar-refractivity contribution >= 4 is 9.84 Å². The molecule has 0 bridgehead atoms. The van der Waals surface area contributed by atoms with Gasteiger partial charge < -0.3 is 15.1 Å². The zero-order chi connectivity index (χ0) is 13.6. The second-order valence-corrected chi connectivity index (χ2v) is 7.95. The maximum atomic E-state index is 11.3. The summed E-state index contributed by atoms with van der Waals surface area (Å²) in [5.41, 5.74) is 0. The van der Waals surface area contributed by atoms with Crippen molar-refractivity contribution in [2.75, 3.05) is 63.9 Å². The first-order valence-corrected chi connectivity index (χ1v) is 9.34. The van der Waals surface area contributed by atoms with E-state index >= 15 is 0 Å². The van der Waals surface area contributed by atoms with Crippen molar-refractivity contribution in [2.24, 2.45) is 0 Å². The van der Waals surface area contributed by atoms with Crippen molar-refractivity contribution in [2.45, 2.75) is 19.3 Å². The van der Waals surface area contributed by atoms with Crippen molar-refractivity contribution < 1.29 is 8.42 Å². The Morgan fingerprint density at radius 2 is 1.32 bits per heavy atom. The Kier molecular flexibility index (Phi) is 6.06. The van der Waals surface area contributed by atoms with Crippen LogP contribution in [0, 0.1) is 0 Å². The molecule has 112 valence electrons. The summed E-state index contributed by atoms with van der Waals surface area (Å²) in [6.07, 6.45) is 3.73. The minimum absolute atomic E-state index is 0.355. The molecule has 1 N–H and O–H groups in total. The third-order valence-electron chi connectivity index (χ3n) is 4.10. The first-order chi connectivity index (χ1) is 9.16. The van der Waals surface area contributed by atoms with Gasteiger partial charge in [-0.05, 0) is 25.9 Å². The highest BCUT2D eigenvalue weighted by atomic mass is 32.2. The molecule has 6 heteroatoms. The third-order valence-corrected chi connectivity index (χ3v) is 5.70. The molecule has 19 heavy (non-hydrogen) atoms. The molecule has 5 nitrogen and oxygen atoms in total. The molecule has 0 amide bonds. The molecule has 2 rings (SSSR count). The summed E-state index contributed by atoms with van der Waals surface area (Å²) < 4.78 is 22.6. The van der Waals surface area contributed by atoms with E-state index < -0.39 is 9.84 Å². The second kappa shape index (κ2) is 7.57. The van der Waals surface area contributed by atoms with E-state index in [0.717, 1.165) is 32.7 Å². The molecule has 2 aliphatic rings. The number of piperazine rings is 1. The number of hydrogen-bond donors (Lipinski definition) is 1. The minimum atomic E-state index is -2.72. The van der Waals surface area contributed by atoms with Crippen LogP contribution in [-0.4, -0.2) is 82.1 Å². The number of sulfone groups is 1. The molecule has 0 atom stereocenters. The van der Waals surface area contributed by atoms with E-state index in [9.17, 15) is 8.42 Å². The SMILES string of the molecule is O=S1(=O)CCN(CCCCCN2CCNCC2)CC1. The van der Waals surface area contributed by atoms with Gasteiger partial charge in [0, 0.05) is 39.3 Å². The third kappa shape index (κ3) is 5.77. The molecule has 0 spiro atoms. The Bertz CT molecular complexity index is 339. The van der Waals surface area contributed by atoms with Gasteiger partial charge in [0.05, 0.1) is 11.5 Å². The first-order valence-electron chi connectivity index (χ1n) is 7.52. The summed E-state index contributed by atoms with van der Waals surface area (Å²) in [6.45, 7) is 8.38. The number of rotatable bonds is 6. The number of nitrogens with one attached hydrogen (secondary N) is 1. The van der Waals surface area contributed by atoms with Gasteiger partial charge in [-0.3, -0.25) is 0 Å². The van der Waals surface area contributed by atoms with Crippen molar-refractivity contribution in [1.82, 2.24) is 15.1 Å². The molecule has 2 saturated heterocycles. The largest absolute Gasteiger partial charge is 0.314 e. The van der Waals surface area contributed by atoms with Crippen LogP contribution in [0.1, 0.15) is 19.3 Å². The predicted octanol–water partition coefficient (Wildman–Crippen LogP) is -0.208. The summed E-state index contributed by atoms with van der Waals surface area (Å²) in [5.74, 6) is 0.710. The van der Waals surface area contributed by atoms with E-state index in [-0.39, 0.29) is 0 Å². The van der Waals surface area contributed by atoms with Crippen molar-refractivity contribution in [3.63, 3.8) is 0 Å². The molecule has 2 fully saturated rings. The Balaban J connectivity index is 1.48. The van der Waals surface area contributed by atoms with Gasteiger partial charge in [-0.25, -0.2) is 8.42 Å². The van der Waals surface area contributed by atoms with Gasteiger partial charge in [0.25, 0.3) is 0 Å². The van der Waals surface area contributed by atoms with Crippen LogP contribution in [0.3, 0.4) is 0 Å². The van der Waals surface area contributed by atoms with E-state index in [1.165, 1.54) is 38.9 Å².